The number of hydrogen-bond donors (Lipinski definition) is 0. The minimum absolute atomic E-state index is 0.390. The van der Waals surface area contributed by atoms with E-state index in [9.17, 15) is 0 Å². The highest BCUT2D eigenvalue weighted by Crippen LogP contribution is 2.15. The molecule has 0 aromatic carbocycles. The molecule has 0 aromatic rings. The molecule has 0 radical (unpaired) electrons. The molecule has 0 fully saturated rings. The highest BCUT2D eigenvalue weighted by molar-refractivity contribution is 5.02. The predicted octanol–water partition coefficient (Wildman–Crippen LogP) is 4.60. The van der Waals surface area contributed by atoms with E-state index in [1.54, 1.807) is 0 Å². The molecule has 0 amide bonds. The van der Waals surface area contributed by atoms with Crippen LogP contribution in [-0.4, -0.2) is 13.2 Å². The van der Waals surface area contributed by atoms with Crippen molar-refractivity contribution in [3.8, 4) is 12.3 Å². The average Bonchev–Trinajstić information content (AvgIpc) is 2.32. The second-order valence-corrected chi connectivity index (χ2v) is 5.24. The van der Waals surface area contributed by atoms with Crippen LogP contribution < -0.4 is 0 Å². The van der Waals surface area contributed by atoms with Gasteiger partial charge in [0, 0.05) is 0 Å². The Balaban J connectivity index is 3.47. The summed E-state index contributed by atoms with van der Waals surface area (Å²) in [7, 11) is 0. The molecule has 0 aliphatic carbocycles. The van der Waals surface area contributed by atoms with Crippen LogP contribution in [0.3, 0.4) is 0 Å². The van der Waals surface area contributed by atoms with Crippen LogP contribution in [0.5, 0.6) is 0 Å². The second-order valence-electron chi connectivity index (χ2n) is 5.24. The lowest BCUT2D eigenvalue weighted by Crippen LogP contribution is -1.95. The minimum Gasteiger partial charge on any atom is -0.365 e. The van der Waals surface area contributed by atoms with E-state index in [4.69, 9.17) is 11.2 Å². The smallest absolute Gasteiger partial charge is 0.107 e. The first-order valence-electron chi connectivity index (χ1n) is 6.99. The van der Waals surface area contributed by atoms with Gasteiger partial charge in [-0.3, -0.25) is 0 Å². The molecule has 1 heteroatoms. The molecular weight excluding hydrogens is 220 g/mol. The van der Waals surface area contributed by atoms with E-state index in [0.717, 1.165) is 18.3 Å². The third-order valence-electron chi connectivity index (χ3n) is 2.80. The fourth-order valence-corrected chi connectivity index (χ4v) is 1.70. The zero-order valence-electron chi connectivity index (χ0n) is 12.2. The van der Waals surface area contributed by atoms with Gasteiger partial charge in [0.2, 0.25) is 0 Å². The number of ether oxygens (including phenoxy) is 1. The molecule has 0 heterocycles. The SMILES string of the molecule is C#CCOC/C=C/C=C/CC(C)CCCC(C)C. The maximum atomic E-state index is 5.13. The van der Waals surface area contributed by atoms with Crippen molar-refractivity contribution in [2.75, 3.05) is 13.2 Å². The number of allylic oxidation sites excluding steroid dienone is 3. The van der Waals surface area contributed by atoms with Crippen molar-refractivity contribution in [2.45, 2.75) is 46.5 Å². The van der Waals surface area contributed by atoms with Gasteiger partial charge in [0.15, 0.2) is 0 Å². The molecule has 18 heavy (non-hydrogen) atoms. The van der Waals surface area contributed by atoms with Crippen LogP contribution in [-0.2, 0) is 4.74 Å². The lowest BCUT2D eigenvalue weighted by molar-refractivity contribution is 0.199. The quantitative estimate of drug-likeness (QED) is 0.312. The summed E-state index contributed by atoms with van der Waals surface area (Å²) in [6, 6.07) is 0. The van der Waals surface area contributed by atoms with Gasteiger partial charge in [0.1, 0.15) is 6.61 Å². The van der Waals surface area contributed by atoms with Gasteiger partial charge in [-0.25, -0.2) is 0 Å². The second kappa shape index (κ2) is 12.5. The summed E-state index contributed by atoms with van der Waals surface area (Å²) in [5, 5.41) is 0. The van der Waals surface area contributed by atoms with Crippen molar-refractivity contribution in [3.63, 3.8) is 0 Å². The highest BCUT2D eigenvalue weighted by atomic mass is 16.5. The van der Waals surface area contributed by atoms with Crippen molar-refractivity contribution in [1.82, 2.24) is 0 Å². The summed E-state index contributed by atoms with van der Waals surface area (Å²) in [5.41, 5.74) is 0. The molecule has 0 aliphatic heterocycles. The molecule has 1 atom stereocenters. The van der Waals surface area contributed by atoms with Crippen molar-refractivity contribution >= 4 is 0 Å². The van der Waals surface area contributed by atoms with E-state index in [1.807, 2.05) is 12.2 Å². The Morgan fingerprint density at radius 3 is 2.50 bits per heavy atom. The summed E-state index contributed by atoms with van der Waals surface area (Å²) in [6.45, 7) is 7.89. The van der Waals surface area contributed by atoms with Gasteiger partial charge in [-0.2, -0.15) is 0 Å². The first-order valence-corrected chi connectivity index (χ1v) is 6.99. The maximum absolute atomic E-state index is 5.13. The van der Waals surface area contributed by atoms with Crippen LogP contribution in [0.1, 0.15) is 46.5 Å². The Morgan fingerprint density at radius 2 is 1.83 bits per heavy atom. The minimum atomic E-state index is 0.390. The summed E-state index contributed by atoms with van der Waals surface area (Å²) in [4.78, 5) is 0. The lowest BCUT2D eigenvalue weighted by atomic mass is 9.97. The van der Waals surface area contributed by atoms with Crippen LogP contribution in [0, 0.1) is 24.2 Å². The van der Waals surface area contributed by atoms with Crippen molar-refractivity contribution in [2.24, 2.45) is 11.8 Å². The van der Waals surface area contributed by atoms with Crippen LogP contribution in [0.4, 0.5) is 0 Å². The van der Waals surface area contributed by atoms with Crippen LogP contribution in [0.2, 0.25) is 0 Å². The predicted molar refractivity (Wildman–Crippen MR) is 80.4 cm³/mol. The molecule has 0 saturated heterocycles. The topological polar surface area (TPSA) is 9.23 Å². The monoisotopic (exact) mass is 248 g/mol. The Bertz CT molecular complexity index is 268. The summed E-state index contributed by atoms with van der Waals surface area (Å²) < 4.78 is 5.13. The first-order chi connectivity index (χ1) is 8.66. The molecule has 0 N–H and O–H groups in total. The fourth-order valence-electron chi connectivity index (χ4n) is 1.70. The lowest BCUT2D eigenvalue weighted by Gasteiger charge is -2.09. The van der Waals surface area contributed by atoms with Gasteiger partial charge >= 0.3 is 0 Å². The van der Waals surface area contributed by atoms with Crippen LogP contribution in [0.15, 0.2) is 24.3 Å². The normalized spacial score (nSPS) is 13.5. The molecule has 0 bridgehead atoms. The fraction of sp³-hybridized carbons (Fsp3) is 0.647. The van der Waals surface area contributed by atoms with Crippen molar-refractivity contribution in [1.29, 1.82) is 0 Å². The first kappa shape index (κ1) is 17.0. The average molecular weight is 248 g/mol. The van der Waals surface area contributed by atoms with E-state index in [1.165, 1.54) is 19.3 Å². The maximum Gasteiger partial charge on any atom is 0.107 e. The molecule has 0 aliphatic rings. The van der Waals surface area contributed by atoms with Gasteiger partial charge in [0.25, 0.3) is 0 Å². The zero-order chi connectivity index (χ0) is 13.6. The molecule has 0 saturated carbocycles. The van der Waals surface area contributed by atoms with Gasteiger partial charge in [-0.15, -0.1) is 6.42 Å². The Morgan fingerprint density at radius 1 is 1.11 bits per heavy atom. The van der Waals surface area contributed by atoms with Gasteiger partial charge < -0.3 is 4.74 Å². The van der Waals surface area contributed by atoms with E-state index in [-0.39, 0.29) is 0 Å². The Labute approximate surface area is 113 Å². The van der Waals surface area contributed by atoms with Crippen LogP contribution >= 0.6 is 0 Å². The van der Waals surface area contributed by atoms with Gasteiger partial charge in [0.05, 0.1) is 6.61 Å². The zero-order valence-corrected chi connectivity index (χ0v) is 12.2. The van der Waals surface area contributed by atoms with Crippen molar-refractivity contribution < 1.29 is 4.74 Å². The molecule has 1 unspecified atom stereocenters. The number of terminal acetylenes is 1. The molecule has 0 rings (SSSR count). The molecule has 102 valence electrons. The summed E-state index contributed by atoms with van der Waals surface area (Å²) in [5.74, 6) is 4.05. The van der Waals surface area contributed by atoms with E-state index < -0.39 is 0 Å². The van der Waals surface area contributed by atoms with Crippen molar-refractivity contribution in [3.05, 3.63) is 24.3 Å². The Hall–Kier alpha value is -1.00. The van der Waals surface area contributed by atoms with E-state index in [0.29, 0.717) is 13.2 Å². The van der Waals surface area contributed by atoms with Crippen LogP contribution in [0.25, 0.3) is 0 Å². The molecule has 0 spiro atoms. The van der Waals surface area contributed by atoms with E-state index >= 15 is 0 Å². The number of hydrogen-bond acceptors (Lipinski definition) is 1. The van der Waals surface area contributed by atoms with Gasteiger partial charge in [-0.05, 0) is 18.3 Å². The third-order valence-corrected chi connectivity index (χ3v) is 2.80. The summed E-state index contributed by atoms with van der Waals surface area (Å²) >= 11 is 0. The standard InChI is InChI=1S/C17H28O/c1-5-14-18-15-9-7-6-8-12-17(4)13-10-11-16(2)3/h1,6-9,16-17H,10-15H2,2-4H3/b8-6+,9-7+. The Kier molecular flexibility index (Phi) is 11.8. The summed E-state index contributed by atoms with van der Waals surface area (Å²) in [6.07, 6.45) is 18.6. The highest BCUT2D eigenvalue weighted by Gasteiger charge is 2.00. The molecular formula is C17H28O. The third kappa shape index (κ3) is 13.1. The largest absolute Gasteiger partial charge is 0.365 e. The molecule has 1 nitrogen and oxygen atoms in total. The molecule has 0 aromatic heterocycles. The number of rotatable bonds is 10. The van der Waals surface area contributed by atoms with E-state index in [2.05, 4.69) is 38.8 Å². The van der Waals surface area contributed by atoms with Gasteiger partial charge in [-0.1, -0.05) is 70.3 Å².